The van der Waals surface area contributed by atoms with Crippen LogP contribution in [0.3, 0.4) is 0 Å². The van der Waals surface area contributed by atoms with Crippen molar-refractivity contribution in [2.24, 2.45) is 0 Å². The van der Waals surface area contributed by atoms with Gasteiger partial charge in [0.05, 0.1) is 0 Å². The Balaban J connectivity index is 1.86. The number of amides is 2. The molecule has 3 rings (SSSR count). The molecule has 0 bridgehead atoms. The van der Waals surface area contributed by atoms with Crippen LogP contribution in [-0.2, 0) is 9.59 Å². The highest BCUT2D eigenvalue weighted by Gasteiger charge is 2.51. The molecule has 118 valence electrons. The molecule has 21 heavy (non-hydrogen) atoms. The monoisotopic (exact) mass is 293 g/mol. The molecule has 3 fully saturated rings. The van der Waals surface area contributed by atoms with Crippen LogP contribution >= 0.6 is 0 Å². The molecule has 1 N–H and O–H groups in total. The van der Waals surface area contributed by atoms with Gasteiger partial charge in [-0.05, 0) is 46.2 Å². The van der Waals surface area contributed by atoms with Crippen LogP contribution < -0.4 is 5.32 Å². The van der Waals surface area contributed by atoms with E-state index in [1.807, 2.05) is 11.8 Å². The Labute approximate surface area is 127 Å². The molecule has 1 spiro atoms. The summed E-state index contributed by atoms with van der Waals surface area (Å²) in [6.45, 7) is 3.85. The van der Waals surface area contributed by atoms with Crippen LogP contribution in [0.2, 0.25) is 0 Å². The first-order valence-electron chi connectivity index (χ1n) is 8.37. The first-order valence-corrected chi connectivity index (χ1v) is 8.37. The van der Waals surface area contributed by atoms with Crippen molar-refractivity contribution in [2.75, 3.05) is 20.1 Å². The van der Waals surface area contributed by atoms with E-state index < -0.39 is 5.54 Å². The summed E-state index contributed by atoms with van der Waals surface area (Å²) in [7, 11) is 2.10. The molecule has 2 aliphatic heterocycles. The molecule has 3 aliphatic rings. The quantitative estimate of drug-likeness (QED) is 0.788. The van der Waals surface area contributed by atoms with Crippen molar-refractivity contribution < 1.29 is 9.59 Å². The summed E-state index contributed by atoms with van der Waals surface area (Å²) in [5.74, 6) is 0.208. The lowest BCUT2D eigenvalue weighted by atomic mass is 9.78. The third-order valence-electron chi connectivity index (χ3n) is 5.50. The van der Waals surface area contributed by atoms with Gasteiger partial charge in [0.15, 0.2) is 0 Å². The number of hydrogen-bond acceptors (Lipinski definition) is 3. The van der Waals surface area contributed by atoms with Crippen molar-refractivity contribution in [1.29, 1.82) is 0 Å². The second kappa shape index (κ2) is 5.59. The first kappa shape index (κ1) is 14.8. The topological polar surface area (TPSA) is 52.7 Å². The molecule has 2 saturated heterocycles. The zero-order chi connectivity index (χ0) is 15.0. The van der Waals surface area contributed by atoms with Gasteiger partial charge < -0.3 is 15.1 Å². The molecule has 2 unspecified atom stereocenters. The van der Waals surface area contributed by atoms with Gasteiger partial charge in [0.2, 0.25) is 11.8 Å². The van der Waals surface area contributed by atoms with Crippen molar-refractivity contribution in [2.45, 2.75) is 69.5 Å². The number of nitrogens with zero attached hydrogens (tertiary/aromatic N) is 2. The van der Waals surface area contributed by atoms with Gasteiger partial charge in [-0.3, -0.25) is 9.59 Å². The van der Waals surface area contributed by atoms with Crippen LogP contribution in [0, 0.1) is 0 Å². The number of carbonyl (C=O) groups is 2. The minimum absolute atomic E-state index is 0.0322. The summed E-state index contributed by atoms with van der Waals surface area (Å²) < 4.78 is 0. The lowest BCUT2D eigenvalue weighted by Crippen LogP contribution is -2.72. The van der Waals surface area contributed by atoms with E-state index in [1.165, 1.54) is 6.42 Å². The van der Waals surface area contributed by atoms with Crippen molar-refractivity contribution >= 4 is 11.8 Å². The van der Waals surface area contributed by atoms with Gasteiger partial charge in [-0.1, -0.05) is 19.3 Å². The van der Waals surface area contributed by atoms with E-state index >= 15 is 0 Å². The maximum atomic E-state index is 13.2. The number of nitrogens with one attached hydrogen (secondary N) is 1. The molecular weight excluding hydrogens is 266 g/mol. The first-order chi connectivity index (χ1) is 10.0. The van der Waals surface area contributed by atoms with Gasteiger partial charge in [0.25, 0.3) is 0 Å². The fourth-order valence-corrected chi connectivity index (χ4v) is 4.29. The highest BCUT2D eigenvalue weighted by molar-refractivity contribution is 5.99. The standard InChI is InChI=1S/C16H27N3O2/c1-12-14(20)17-16(8-4-3-5-9-16)15(21)19(12)13-7-6-10-18(2)11-13/h12-13H,3-11H2,1-2H3,(H,17,20). The van der Waals surface area contributed by atoms with E-state index in [4.69, 9.17) is 0 Å². The molecule has 0 radical (unpaired) electrons. The molecule has 0 aromatic heterocycles. The number of piperazine rings is 1. The number of piperidine rings is 1. The van der Waals surface area contributed by atoms with E-state index in [2.05, 4.69) is 17.3 Å². The summed E-state index contributed by atoms with van der Waals surface area (Å²) in [6.07, 6.45) is 6.99. The van der Waals surface area contributed by atoms with E-state index in [9.17, 15) is 9.59 Å². The molecule has 5 nitrogen and oxygen atoms in total. The van der Waals surface area contributed by atoms with E-state index in [1.54, 1.807) is 0 Å². The van der Waals surface area contributed by atoms with Gasteiger partial charge in [0, 0.05) is 12.6 Å². The molecule has 1 aliphatic carbocycles. The third kappa shape index (κ3) is 2.56. The summed E-state index contributed by atoms with van der Waals surface area (Å²) in [6, 6.07) is -0.141. The highest BCUT2D eigenvalue weighted by atomic mass is 16.2. The van der Waals surface area contributed by atoms with Crippen LogP contribution in [0.1, 0.15) is 51.9 Å². The molecule has 0 aromatic carbocycles. The van der Waals surface area contributed by atoms with E-state index in [-0.39, 0.29) is 23.9 Å². The Morgan fingerprint density at radius 2 is 1.86 bits per heavy atom. The summed E-state index contributed by atoms with van der Waals surface area (Å²) >= 11 is 0. The van der Waals surface area contributed by atoms with Gasteiger partial charge in [-0.2, -0.15) is 0 Å². The maximum Gasteiger partial charge on any atom is 0.249 e. The van der Waals surface area contributed by atoms with Crippen molar-refractivity contribution in [3.8, 4) is 0 Å². The van der Waals surface area contributed by atoms with E-state index in [0.29, 0.717) is 0 Å². The summed E-state index contributed by atoms with van der Waals surface area (Å²) in [4.78, 5) is 29.8. The number of likely N-dealkylation sites (N-methyl/N-ethyl adjacent to an activating group) is 1. The fraction of sp³-hybridized carbons (Fsp3) is 0.875. The van der Waals surface area contributed by atoms with Crippen molar-refractivity contribution in [3.63, 3.8) is 0 Å². The van der Waals surface area contributed by atoms with Gasteiger partial charge in [-0.15, -0.1) is 0 Å². The predicted molar refractivity (Wildman–Crippen MR) is 80.8 cm³/mol. The third-order valence-corrected chi connectivity index (χ3v) is 5.50. The molecule has 2 heterocycles. The Bertz CT molecular complexity index is 431. The van der Waals surface area contributed by atoms with Gasteiger partial charge in [0.1, 0.15) is 11.6 Å². The van der Waals surface area contributed by atoms with Crippen LogP contribution in [0.5, 0.6) is 0 Å². The fourth-order valence-electron chi connectivity index (χ4n) is 4.29. The molecule has 5 heteroatoms. The Kier molecular flexibility index (Phi) is 3.95. The smallest absolute Gasteiger partial charge is 0.249 e. The number of carbonyl (C=O) groups excluding carboxylic acids is 2. The Hall–Kier alpha value is -1.10. The lowest BCUT2D eigenvalue weighted by Gasteiger charge is -2.50. The zero-order valence-electron chi connectivity index (χ0n) is 13.2. The number of rotatable bonds is 1. The maximum absolute atomic E-state index is 13.2. The SMILES string of the molecule is CC1C(=O)NC2(CCCCC2)C(=O)N1C1CCCN(C)C1. The predicted octanol–water partition coefficient (Wildman–Crippen LogP) is 1.13. The number of likely N-dealkylation sites (tertiary alicyclic amines) is 1. The van der Waals surface area contributed by atoms with Crippen LogP contribution in [0.25, 0.3) is 0 Å². The minimum atomic E-state index is -0.599. The molecule has 2 atom stereocenters. The summed E-state index contributed by atoms with van der Waals surface area (Å²) in [5.41, 5.74) is -0.599. The van der Waals surface area contributed by atoms with Crippen LogP contribution in [-0.4, -0.2) is 59.4 Å². The number of hydrogen-bond donors (Lipinski definition) is 1. The van der Waals surface area contributed by atoms with Gasteiger partial charge >= 0.3 is 0 Å². The zero-order valence-corrected chi connectivity index (χ0v) is 13.2. The summed E-state index contributed by atoms with van der Waals surface area (Å²) in [5, 5.41) is 3.07. The highest BCUT2D eigenvalue weighted by Crippen LogP contribution is 2.35. The molecule has 2 amide bonds. The Morgan fingerprint density at radius 1 is 1.14 bits per heavy atom. The Morgan fingerprint density at radius 3 is 2.52 bits per heavy atom. The molecule has 1 saturated carbocycles. The second-order valence-electron chi connectivity index (χ2n) is 7.08. The van der Waals surface area contributed by atoms with Gasteiger partial charge in [-0.25, -0.2) is 0 Å². The van der Waals surface area contributed by atoms with E-state index in [0.717, 1.165) is 51.6 Å². The second-order valence-corrected chi connectivity index (χ2v) is 7.08. The van der Waals surface area contributed by atoms with Crippen molar-refractivity contribution in [3.05, 3.63) is 0 Å². The lowest BCUT2D eigenvalue weighted by molar-refractivity contribution is -0.160. The normalized spacial score (nSPS) is 34.1. The van der Waals surface area contributed by atoms with Crippen LogP contribution in [0.4, 0.5) is 0 Å². The largest absolute Gasteiger partial charge is 0.340 e. The minimum Gasteiger partial charge on any atom is -0.340 e. The average molecular weight is 293 g/mol. The van der Waals surface area contributed by atoms with Crippen molar-refractivity contribution in [1.82, 2.24) is 15.1 Å². The van der Waals surface area contributed by atoms with Crippen LogP contribution in [0.15, 0.2) is 0 Å². The molecule has 0 aromatic rings. The average Bonchev–Trinajstić information content (AvgIpc) is 2.47. The molecular formula is C16H27N3O2.